The summed E-state index contributed by atoms with van der Waals surface area (Å²) in [6.07, 6.45) is -0.175. The maximum Gasteiger partial charge on any atom is 0.247 e. The molecule has 1 N–H and O–H groups in total. The van der Waals surface area contributed by atoms with Gasteiger partial charge in [0.1, 0.15) is 10.6 Å². The SMILES string of the molecule is COc1ccccc1S(=O)(=O)N1CC(O)CC1CN(C)C. The molecular weight excluding hydrogens is 292 g/mol. The number of nitrogens with zero attached hydrogens (tertiary/aromatic N) is 2. The van der Waals surface area contributed by atoms with Gasteiger partial charge in [0.05, 0.1) is 13.2 Å². The van der Waals surface area contributed by atoms with Gasteiger partial charge in [0.25, 0.3) is 0 Å². The third-order valence-electron chi connectivity index (χ3n) is 3.57. The number of rotatable bonds is 5. The van der Waals surface area contributed by atoms with Crippen LogP contribution in [-0.4, -0.2) is 69.2 Å². The molecule has 2 rings (SSSR count). The van der Waals surface area contributed by atoms with Crippen molar-refractivity contribution in [2.24, 2.45) is 0 Å². The number of aliphatic hydroxyl groups is 1. The standard InChI is InChI=1S/C14H22N2O4S/c1-15(2)9-11-8-12(17)10-16(11)21(18,19)14-7-5-4-6-13(14)20-3/h4-7,11-12,17H,8-10H2,1-3H3. The molecule has 6 nitrogen and oxygen atoms in total. The number of methoxy groups -OCH3 is 1. The molecule has 0 saturated carbocycles. The fourth-order valence-corrected chi connectivity index (χ4v) is 4.53. The second-order valence-corrected chi connectivity index (χ2v) is 7.39. The molecule has 0 spiro atoms. The van der Waals surface area contributed by atoms with Crippen LogP contribution in [0.3, 0.4) is 0 Å². The summed E-state index contributed by atoms with van der Waals surface area (Å²) in [5, 5.41) is 9.86. The van der Waals surface area contributed by atoms with E-state index in [4.69, 9.17) is 4.74 Å². The van der Waals surface area contributed by atoms with Gasteiger partial charge in [0, 0.05) is 19.1 Å². The van der Waals surface area contributed by atoms with Crippen molar-refractivity contribution in [3.05, 3.63) is 24.3 Å². The van der Waals surface area contributed by atoms with Crippen LogP contribution in [0.1, 0.15) is 6.42 Å². The molecule has 2 atom stereocenters. The van der Waals surface area contributed by atoms with E-state index in [2.05, 4.69) is 0 Å². The summed E-state index contributed by atoms with van der Waals surface area (Å²) in [4.78, 5) is 2.07. The first kappa shape index (κ1) is 16.2. The molecule has 1 heterocycles. The summed E-state index contributed by atoms with van der Waals surface area (Å²) in [5.74, 6) is 0.322. The van der Waals surface area contributed by atoms with Crippen LogP contribution in [0.4, 0.5) is 0 Å². The Balaban J connectivity index is 2.37. The maximum absolute atomic E-state index is 12.9. The number of β-amino-alcohol motifs (C(OH)–C–C–N with tert-alkyl or cyclic N) is 1. The van der Waals surface area contributed by atoms with Gasteiger partial charge in [-0.2, -0.15) is 4.31 Å². The number of hydrogen-bond acceptors (Lipinski definition) is 5. The lowest BCUT2D eigenvalue weighted by Crippen LogP contribution is -2.41. The lowest BCUT2D eigenvalue weighted by atomic mass is 10.2. The van der Waals surface area contributed by atoms with Crippen LogP contribution < -0.4 is 4.74 Å². The number of benzene rings is 1. The highest BCUT2D eigenvalue weighted by Gasteiger charge is 2.40. The normalized spacial score (nSPS) is 23.7. The summed E-state index contributed by atoms with van der Waals surface area (Å²) in [7, 11) is 1.54. The van der Waals surface area contributed by atoms with E-state index in [0.29, 0.717) is 18.7 Å². The van der Waals surface area contributed by atoms with Crippen LogP contribution in [0.15, 0.2) is 29.2 Å². The minimum Gasteiger partial charge on any atom is -0.495 e. The zero-order valence-corrected chi connectivity index (χ0v) is 13.4. The minimum absolute atomic E-state index is 0.124. The Morgan fingerprint density at radius 3 is 2.67 bits per heavy atom. The van der Waals surface area contributed by atoms with Gasteiger partial charge in [-0.1, -0.05) is 12.1 Å². The number of hydrogen-bond donors (Lipinski definition) is 1. The largest absolute Gasteiger partial charge is 0.495 e. The van der Waals surface area contributed by atoms with Crippen molar-refractivity contribution in [1.29, 1.82) is 0 Å². The molecule has 0 aliphatic carbocycles. The Morgan fingerprint density at radius 1 is 1.38 bits per heavy atom. The van der Waals surface area contributed by atoms with Gasteiger partial charge in [-0.15, -0.1) is 0 Å². The fraction of sp³-hybridized carbons (Fsp3) is 0.571. The van der Waals surface area contributed by atoms with Crippen molar-refractivity contribution < 1.29 is 18.3 Å². The second-order valence-electron chi connectivity index (χ2n) is 5.53. The molecule has 1 aliphatic rings. The monoisotopic (exact) mass is 314 g/mol. The summed E-state index contributed by atoms with van der Waals surface area (Å²) in [5.41, 5.74) is 0. The van der Waals surface area contributed by atoms with E-state index in [-0.39, 0.29) is 17.5 Å². The highest BCUT2D eigenvalue weighted by molar-refractivity contribution is 7.89. The van der Waals surface area contributed by atoms with Gasteiger partial charge >= 0.3 is 0 Å². The molecule has 0 radical (unpaired) electrons. The van der Waals surface area contributed by atoms with E-state index >= 15 is 0 Å². The van der Waals surface area contributed by atoms with Crippen molar-refractivity contribution in [2.75, 3.05) is 34.3 Å². The highest BCUT2D eigenvalue weighted by atomic mass is 32.2. The van der Waals surface area contributed by atoms with Crippen LogP contribution in [0, 0.1) is 0 Å². The second kappa shape index (κ2) is 6.31. The van der Waals surface area contributed by atoms with Crippen molar-refractivity contribution >= 4 is 10.0 Å². The van der Waals surface area contributed by atoms with Gasteiger partial charge < -0.3 is 14.7 Å². The Hall–Kier alpha value is -1.15. The Kier molecular flexibility index (Phi) is 4.88. The van der Waals surface area contributed by atoms with Crippen LogP contribution in [0.2, 0.25) is 0 Å². The number of sulfonamides is 1. The molecule has 1 aromatic carbocycles. The van der Waals surface area contributed by atoms with Crippen LogP contribution in [0.5, 0.6) is 5.75 Å². The summed E-state index contributed by atoms with van der Waals surface area (Å²) < 4.78 is 32.3. The van der Waals surface area contributed by atoms with Gasteiger partial charge in [0.2, 0.25) is 10.0 Å². The first-order valence-corrected chi connectivity index (χ1v) is 8.28. The summed E-state index contributed by atoms with van der Waals surface area (Å²) >= 11 is 0. The molecule has 1 aliphatic heterocycles. The van der Waals surface area contributed by atoms with E-state index < -0.39 is 16.1 Å². The lowest BCUT2D eigenvalue weighted by molar-refractivity contribution is 0.188. The number of likely N-dealkylation sites (N-methyl/N-ethyl adjacent to an activating group) is 1. The molecule has 118 valence electrons. The summed E-state index contributed by atoms with van der Waals surface area (Å²) in [6.45, 7) is 0.699. The Bertz CT molecular complexity index is 588. The lowest BCUT2D eigenvalue weighted by Gasteiger charge is -2.26. The quantitative estimate of drug-likeness (QED) is 0.851. The molecule has 0 amide bonds. The van der Waals surface area contributed by atoms with Crippen molar-refractivity contribution in [3.63, 3.8) is 0 Å². The van der Waals surface area contributed by atoms with E-state index in [1.165, 1.54) is 17.5 Å². The van der Waals surface area contributed by atoms with Crippen LogP contribution in [0.25, 0.3) is 0 Å². The summed E-state index contributed by atoms with van der Waals surface area (Å²) in [6, 6.07) is 6.33. The molecule has 2 unspecified atom stereocenters. The fourth-order valence-electron chi connectivity index (χ4n) is 2.70. The Labute approximate surface area is 126 Å². The van der Waals surface area contributed by atoms with Crippen molar-refractivity contribution in [3.8, 4) is 5.75 Å². The van der Waals surface area contributed by atoms with Gasteiger partial charge in [0.15, 0.2) is 0 Å². The van der Waals surface area contributed by atoms with Gasteiger partial charge in [-0.25, -0.2) is 8.42 Å². The topological polar surface area (TPSA) is 70.1 Å². The number of para-hydroxylation sites is 1. The minimum atomic E-state index is -3.69. The zero-order valence-electron chi connectivity index (χ0n) is 12.6. The van der Waals surface area contributed by atoms with E-state index in [1.54, 1.807) is 18.2 Å². The predicted molar refractivity (Wildman–Crippen MR) is 79.9 cm³/mol. The molecule has 7 heteroatoms. The molecule has 0 aromatic heterocycles. The third-order valence-corrected chi connectivity index (χ3v) is 5.53. The zero-order chi connectivity index (χ0) is 15.6. The maximum atomic E-state index is 12.9. The van der Waals surface area contributed by atoms with Crippen LogP contribution >= 0.6 is 0 Å². The number of ether oxygens (including phenoxy) is 1. The van der Waals surface area contributed by atoms with Crippen molar-refractivity contribution in [1.82, 2.24) is 9.21 Å². The smallest absolute Gasteiger partial charge is 0.247 e. The van der Waals surface area contributed by atoms with E-state index in [0.717, 1.165) is 0 Å². The first-order chi connectivity index (χ1) is 9.86. The molecule has 1 aromatic rings. The van der Waals surface area contributed by atoms with Gasteiger partial charge in [-0.05, 0) is 32.6 Å². The highest BCUT2D eigenvalue weighted by Crippen LogP contribution is 2.31. The Morgan fingerprint density at radius 2 is 2.05 bits per heavy atom. The van der Waals surface area contributed by atoms with Crippen molar-refractivity contribution in [2.45, 2.75) is 23.5 Å². The molecule has 0 bridgehead atoms. The molecule has 21 heavy (non-hydrogen) atoms. The average Bonchev–Trinajstić information content (AvgIpc) is 2.79. The first-order valence-electron chi connectivity index (χ1n) is 6.84. The number of aliphatic hydroxyl groups excluding tert-OH is 1. The predicted octanol–water partition coefficient (Wildman–Crippen LogP) is 0.381. The third kappa shape index (κ3) is 3.37. The van der Waals surface area contributed by atoms with Crippen LogP contribution in [-0.2, 0) is 10.0 Å². The average molecular weight is 314 g/mol. The molecule has 1 fully saturated rings. The van der Waals surface area contributed by atoms with E-state index in [1.807, 2.05) is 19.0 Å². The van der Waals surface area contributed by atoms with Gasteiger partial charge in [-0.3, -0.25) is 0 Å². The molecular formula is C14H22N2O4S. The van der Waals surface area contributed by atoms with E-state index in [9.17, 15) is 13.5 Å². The molecule has 1 saturated heterocycles.